The summed E-state index contributed by atoms with van der Waals surface area (Å²) in [6, 6.07) is 16.2. The standard InChI is InChI=1S/C20H25N3O2/c1-3-8-15-11-13-17(14-12-15)22-18(16-9-6-5-7-10-16)19(24)23-20(25)21-4-2/h5-7,9-14,18,22H,3-4,8H2,1-2H3,(H2,21,23,24,25)/t18-/m1/s1. The molecule has 5 nitrogen and oxygen atoms in total. The first-order valence-corrected chi connectivity index (χ1v) is 8.63. The highest BCUT2D eigenvalue weighted by Crippen LogP contribution is 2.20. The van der Waals surface area contributed by atoms with Crippen molar-refractivity contribution in [3.05, 3.63) is 65.7 Å². The van der Waals surface area contributed by atoms with Crippen molar-refractivity contribution >= 4 is 17.6 Å². The molecule has 0 unspecified atom stereocenters. The van der Waals surface area contributed by atoms with Gasteiger partial charge in [-0.25, -0.2) is 4.79 Å². The van der Waals surface area contributed by atoms with Gasteiger partial charge >= 0.3 is 6.03 Å². The van der Waals surface area contributed by atoms with E-state index >= 15 is 0 Å². The Morgan fingerprint density at radius 2 is 1.64 bits per heavy atom. The van der Waals surface area contributed by atoms with Crippen LogP contribution in [0.25, 0.3) is 0 Å². The Hall–Kier alpha value is -2.82. The van der Waals surface area contributed by atoms with Gasteiger partial charge < -0.3 is 10.6 Å². The Morgan fingerprint density at radius 1 is 0.960 bits per heavy atom. The van der Waals surface area contributed by atoms with Crippen LogP contribution in [-0.2, 0) is 11.2 Å². The second kappa shape index (κ2) is 9.47. The predicted octanol–water partition coefficient (Wildman–Crippen LogP) is 3.64. The lowest BCUT2D eigenvalue weighted by molar-refractivity contribution is -0.120. The average molecular weight is 339 g/mol. The van der Waals surface area contributed by atoms with Crippen LogP contribution < -0.4 is 16.0 Å². The lowest BCUT2D eigenvalue weighted by Gasteiger charge is -2.20. The summed E-state index contributed by atoms with van der Waals surface area (Å²) in [6.45, 7) is 4.40. The molecule has 0 saturated heterocycles. The van der Waals surface area contributed by atoms with E-state index in [0.717, 1.165) is 24.1 Å². The molecule has 1 atom stereocenters. The van der Waals surface area contributed by atoms with E-state index in [1.54, 1.807) is 6.92 Å². The maximum Gasteiger partial charge on any atom is 0.321 e. The summed E-state index contributed by atoms with van der Waals surface area (Å²) < 4.78 is 0. The molecule has 5 heteroatoms. The minimum atomic E-state index is -0.652. The van der Waals surface area contributed by atoms with Crippen LogP contribution in [0.4, 0.5) is 10.5 Å². The predicted molar refractivity (Wildman–Crippen MR) is 100 cm³/mol. The number of nitrogens with one attached hydrogen (secondary N) is 3. The summed E-state index contributed by atoms with van der Waals surface area (Å²) in [5, 5.41) is 8.17. The number of hydrogen-bond donors (Lipinski definition) is 3. The lowest BCUT2D eigenvalue weighted by Crippen LogP contribution is -2.43. The fraction of sp³-hybridized carbons (Fsp3) is 0.300. The van der Waals surface area contributed by atoms with Crippen LogP contribution in [0, 0.1) is 0 Å². The Kier molecular flexibility index (Phi) is 7.01. The van der Waals surface area contributed by atoms with Crippen molar-refractivity contribution in [2.45, 2.75) is 32.7 Å². The van der Waals surface area contributed by atoms with E-state index in [1.165, 1.54) is 5.56 Å². The first-order valence-electron chi connectivity index (χ1n) is 8.63. The average Bonchev–Trinajstić information content (AvgIpc) is 2.62. The number of urea groups is 1. The maximum atomic E-state index is 12.6. The molecular formula is C20H25N3O2. The number of benzene rings is 2. The molecule has 0 saturated carbocycles. The highest BCUT2D eigenvalue weighted by molar-refractivity contribution is 5.98. The van der Waals surface area contributed by atoms with Gasteiger partial charge in [0.15, 0.2) is 0 Å². The lowest BCUT2D eigenvalue weighted by atomic mass is 10.0. The van der Waals surface area contributed by atoms with E-state index in [-0.39, 0.29) is 0 Å². The van der Waals surface area contributed by atoms with Crippen molar-refractivity contribution in [3.8, 4) is 0 Å². The summed E-state index contributed by atoms with van der Waals surface area (Å²) in [7, 11) is 0. The summed E-state index contributed by atoms with van der Waals surface area (Å²) in [5.41, 5.74) is 2.89. The molecule has 0 aliphatic heterocycles. The number of imide groups is 1. The normalized spacial score (nSPS) is 11.4. The van der Waals surface area contributed by atoms with Gasteiger partial charge in [0, 0.05) is 12.2 Å². The third-order valence-electron chi connectivity index (χ3n) is 3.77. The first-order chi connectivity index (χ1) is 12.1. The molecule has 0 radical (unpaired) electrons. The molecule has 3 amide bonds. The van der Waals surface area contributed by atoms with Crippen LogP contribution in [0.1, 0.15) is 37.4 Å². The zero-order valence-electron chi connectivity index (χ0n) is 14.7. The van der Waals surface area contributed by atoms with Crippen molar-refractivity contribution in [2.75, 3.05) is 11.9 Å². The molecule has 0 aliphatic carbocycles. The van der Waals surface area contributed by atoms with Gasteiger partial charge in [-0.3, -0.25) is 10.1 Å². The first kappa shape index (κ1) is 18.5. The highest BCUT2D eigenvalue weighted by Gasteiger charge is 2.22. The summed E-state index contributed by atoms with van der Waals surface area (Å²) >= 11 is 0. The van der Waals surface area contributed by atoms with E-state index < -0.39 is 18.0 Å². The second-order valence-corrected chi connectivity index (χ2v) is 5.78. The minimum Gasteiger partial charge on any atom is -0.370 e. The van der Waals surface area contributed by atoms with Crippen molar-refractivity contribution in [3.63, 3.8) is 0 Å². The van der Waals surface area contributed by atoms with Crippen LogP contribution in [0.5, 0.6) is 0 Å². The molecule has 0 spiro atoms. The molecule has 2 rings (SSSR count). The van der Waals surface area contributed by atoms with Crippen LogP contribution in [0.15, 0.2) is 54.6 Å². The number of aryl methyl sites for hydroxylation is 1. The number of carbonyl (C=O) groups is 2. The quantitative estimate of drug-likeness (QED) is 0.721. The summed E-state index contributed by atoms with van der Waals surface area (Å²) in [6.07, 6.45) is 2.12. The molecule has 2 aromatic rings. The third kappa shape index (κ3) is 5.64. The molecule has 25 heavy (non-hydrogen) atoms. The van der Waals surface area contributed by atoms with Crippen molar-refractivity contribution < 1.29 is 9.59 Å². The van der Waals surface area contributed by atoms with E-state index in [0.29, 0.717) is 6.54 Å². The van der Waals surface area contributed by atoms with Gasteiger partial charge in [-0.15, -0.1) is 0 Å². The molecule has 0 aromatic heterocycles. The van der Waals surface area contributed by atoms with Gasteiger partial charge in [0.05, 0.1) is 0 Å². The van der Waals surface area contributed by atoms with E-state index in [9.17, 15) is 9.59 Å². The zero-order chi connectivity index (χ0) is 18.1. The number of hydrogen-bond acceptors (Lipinski definition) is 3. The highest BCUT2D eigenvalue weighted by atomic mass is 16.2. The third-order valence-corrected chi connectivity index (χ3v) is 3.77. The summed E-state index contributed by atoms with van der Waals surface area (Å²) in [5.74, 6) is -0.394. The van der Waals surface area contributed by atoms with Crippen LogP contribution in [-0.4, -0.2) is 18.5 Å². The molecule has 0 aliphatic rings. The van der Waals surface area contributed by atoms with Gasteiger partial charge in [0.25, 0.3) is 5.91 Å². The number of amides is 3. The van der Waals surface area contributed by atoms with Gasteiger partial charge in [-0.1, -0.05) is 55.8 Å². The Balaban J connectivity index is 2.17. The van der Waals surface area contributed by atoms with E-state index in [4.69, 9.17) is 0 Å². The largest absolute Gasteiger partial charge is 0.370 e. The van der Waals surface area contributed by atoms with E-state index in [1.807, 2.05) is 42.5 Å². The number of carbonyl (C=O) groups excluding carboxylic acids is 2. The molecule has 0 fully saturated rings. The van der Waals surface area contributed by atoms with Crippen LogP contribution >= 0.6 is 0 Å². The van der Waals surface area contributed by atoms with Crippen LogP contribution in [0.3, 0.4) is 0 Å². The fourth-order valence-electron chi connectivity index (χ4n) is 2.56. The Morgan fingerprint density at radius 3 is 2.24 bits per heavy atom. The molecular weight excluding hydrogens is 314 g/mol. The molecule has 132 valence electrons. The Bertz CT molecular complexity index is 684. The zero-order valence-corrected chi connectivity index (χ0v) is 14.7. The van der Waals surface area contributed by atoms with Crippen molar-refractivity contribution in [2.24, 2.45) is 0 Å². The fourth-order valence-corrected chi connectivity index (χ4v) is 2.56. The minimum absolute atomic E-state index is 0.394. The molecule has 0 bridgehead atoms. The second-order valence-electron chi connectivity index (χ2n) is 5.78. The maximum absolute atomic E-state index is 12.6. The van der Waals surface area contributed by atoms with Crippen molar-refractivity contribution in [1.82, 2.24) is 10.6 Å². The van der Waals surface area contributed by atoms with Gasteiger partial charge in [-0.2, -0.15) is 0 Å². The molecule has 0 heterocycles. The van der Waals surface area contributed by atoms with Crippen LogP contribution in [0.2, 0.25) is 0 Å². The smallest absolute Gasteiger partial charge is 0.321 e. The monoisotopic (exact) mass is 339 g/mol. The Labute approximate surface area is 148 Å². The molecule has 3 N–H and O–H groups in total. The molecule has 2 aromatic carbocycles. The topological polar surface area (TPSA) is 70.2 Å². The van der Waals surface area contributed by atoms with Crippen molar-refractivity contribution in [1.29, 1.82) is 0 Å². The number of rotatable bonds is 7. The van der Waals surface area contributed by atoms with Gasteiger partial charge in [0.2, 0.25) is 0 Å². The van der Waals surface area contributed by atoms with Gasteiger partial charge in [0.1, 0.15) is 6.04 Å². The van der Waals surface area contributed by atoms with E-state index in [2.05, 4.69) is 35.0 Å². The number of anilines is 1. The summed E-state index contributed by atoms with van der Waals surface area (Å²) in [4.78, 5) is 24.3. The SMILES string of the molecule is CCCc1ccc(N[C@@H](C(=O)NC(=O)NCC)c2ccccc2)cc1. The van der Waals surface area contributed by atoms with Gasteiger partial charge in [-0.05, 0) is 36.6 Å².